The van der Waals surface area contributed by atoms with Crippen LogP contribution in [0.1, 0.15) is 33.1 Å². The zero-order valence-corrected chi connectivity index (χ0v) is 10.0. The Morgan fingerprint density at radius 3 is 2.44 bits per heavy atom. The molecule has 0 rings (SSSR count). The number of nitrogens with zero attached hydrogens (tertiary/aromatic N) is 1. The Morgan fingerprint density at radius 2 is 2.00 bits per heavy atom. The lowest BCUT2D eigenvalue weighted by molar-refractivity contribution is -0.127. The van der Waals surface area contributed by atoms with Crippen LogP contribution in [0.3, 0.4) is 0 Å². The Labute approximate surface area is 96.5 Å². The molecule has 92 valence electrons. The predicted molar refractivity (Wildman–Crippen MR) is 64.2 cm³/mol. The van der Waals surface area contributed by atoms with E-state index in [-0.39, 0.29) is 5.91 Å². The molecular formula is C11H21N3O2. The maximum Gasteiger partial charge on any atom is 0.267 e. The van der Waals surface area contributed by atoms with Crippen molar-refractivity contribution in [3.05, 3.63) is 0 Å². The monoisotopic (exact) mass is 227 g/mol. The lowest BCUT2D eigenvalue weighted by atomic mass is 10.1. The molecule has 3 N–H and O–H groups in total. The first-order valence-corrected chi connectivity index (χ1v) is 5.51. The van der Waals surface area contributed by atoms with Gasteiger partial charge in [-0.05, 0) is 32.0 Å². The summed E-state index contributed by atoms with van der Waals surface area (Å²) >= 11 is 0. The summed E-state index contributed by atoms with van der Waals surface area (Å²) in [5, 5.41) is 2.62. The maximum absolute atomic E-state index is 11.5. The van der Waals surface area contributed by atoms with Gasteiger partial charge in [0.15, 0.2) is 0 Å². The van der Waals surface area contributed by atoms with Crippen LogP contribution < -0.4 is 11.1 Å². The highest BCUT2D eigenvalue weighted by Gasteiger charge is 2.18. The Bertz CT molecular complexity index is 252. The van der Waals surface area contributed by atoms with Gasteiger partial charge in [0.2, 0.25) is 5.91 Å². The quantitative estimate of drug-likeness (QED) is 0.620. The minimum absolute atomic E-state index is 0.135. The Balaban J connectivity index is 4.12. The van der Waals surface area contributed by atoms with Crippen LogP contribution in [-0.4, -0.2) is 31.1 Å². The highest BCUT2D eigenvalue weighted by atomic mass is 16.2. The molecule has 0 saturated carbocycles. The van der Waals surface area contributed by atoms with Crippen LogP contribution >= 0.6 is 0 Å². The van der Waals surface area contributed by atoms with Gasteiger partial charge in [-0.25, -0.2) is 4.99 Å². The average molecular weight is 227 g/mol. The number of amides is 2. The van der Waals surface area contributed by atoms with Crippen LogP contribution in [0, 0.1) is 5.92 Å². The van der Waals surface area contributed by atoms with Crippen LogP contribution in [0.4, 0.5) is 0 Å². The molecule has 0 fully saturated rings. The van der Waals surface area contributed by atoms with Gasteiger partial charge >= 0.3 is 0 Å². The van der Waals surface area contributed by atoms with Crippen LogP contribution in [0.15, 0.2) is 4.99 Å². The highest BCUT2D eigenvalue weighted by molar-refractivity contribution is 5.90. The number of nitrogens with two attached hydrogens (primary N) is 1. The zero-order valence-electron chi connectivity index (χ0n) is 10.0. The molecule has 0 saturated heterocycles. The van der Waals surface area contributed by atoms with Gasteiger partial charge in [-0.2, -0.15) is 0 Å². The molecule has 5 nitrogen and oxygen atoms in total. The van der Waals surface area contributed by atoms with Crippen molar-refractivity contribution >= 4 is 18.5 Å². The maximum atomic E-state index is 11.5. The Morgan fingerprint density at radius 1 is 1.38 bits per heavy atom. The van der Waals surface area contributed by atoms with Gasteiger partial charge in [-0.3, -0.25) is 9.59 Å². The fraction of sp³-hybridized carbons (Fsp3) is 0.727. The van der Waals surface area contributed by atoms with Gasteiger partial charge in [-0.1, -0.05) is 13.8 Å². The summed E-state index contributed by atoms with van der Waals surface area (Å²) in [5.41, 5.74) is 5.35. The zero-order chi connectivity index (χ0) is 12.6. The van der Waals surface area contributed by atoms with E-state index in [0.29, 0.717) is 25.3 Å². The number of rotatable bonds is 7. The van der Waals surface area contributed by atoms with Crippen molar-refractivity contribution < 1.29 is 9.59 Å². The number of carbonyl (C=O) groups excluding carboxylic acids is 2. The van der Waals surface area contributed by atoms with Crippen molar-refractivity contribution in [1.29, 1.82) is 0 Å². The van der Waals surface area contributed by atoms with Gasteiger partial charge in [0, 0.05) is 6.42 Å². The molecular weight excluding hydrogens is 206 g/mol. The Hall–Kier alpha value is -1.23. The average Bonchev–Trinajstić information content (AvgIpc) is 2.24. The van der Waals surface area contributed by atoms with Crippen molar-refractivity contribution in [2.24, 2.45) is 16.6 Å². The first-order chi connectivity index (χ1) is 7.51. The molecule has 0 aliphatic carbocycles. The number of nitrogens with one attached hydrogen (secondary N) is 1. The SMILES string of the molecule is C=NC(=O)[C@H](CCN)NC(=O)CCC(C)C. The molecule has 0 aliphatic rings. The third kappa shape index (κ3) is 6.29. The first kappa shape index (κ1) is 14.8. The summed E-state index contributed by atoms with van der Waals surface area (Å²) < 4.78 is 0. The molecule has 0 heterocycles. The van der Waals surface area contributed by atoms with Crippen molar-refractivity contribution in [2.45, 2.75) is 39.2 Å². The molecule has 0 aromatic heterocycles. The molecule has 0 bridgehead atoms. The summed E-state index contributed by atoms with van der Waals surface area (Å²) in [5.74, 6) is -0.0977. The van der Waals surface area contributed by atoms with E-state index >= 15 is 0 Å². The van der Waals surface area contributed by atoms with Gasteiger partial charge in [0.1, 0.15) is 6.04 Å². The third-order valence-corrected chi connectivity index (χ3v) is 2.19. The second-order valence-electron chi connectivity index (χ2n) is 4.13. The number of hydrogen-bond donors (Lipinski definition) is 2. The lowest BCUT2D eigenvalue weighted by Gasteiger charge is -2.14. The van der Waals surface area contributed by atoms with Crippen molar-refractivity contribution in [3.8, 4) is 0 Å². The number of hydrogen-bond acceptors (Lipinski definition) is 3. The normalized spacial score (nSPS) is 12.2. The van der Waals surface area contributed by atoms with Crippen molar-refractivity contribution in [2.75, 3.05) is 6.54 Å². The van der Waals surface area contributed by atoms with Crippen LogP contribution in [0.5, 0.6) is 0 Å². The summed E-state index contributed by atoms with van der Waals surface area (Å²) in [6, 6.07) is -0.623. The molecule has 5 heteroatoms. The Kier molecular flexibility index (Phi) is 7.37. The number of carbonyl (C=O) groups is 2. The van der Waals surface area contributed by atoms with Crippen LogP contribution in [0.2, 0.25) is 0 Å². The summed E-state index contributed by atoms with van der Waals surface area (Å²) in [4.78, 5) is 26.1. The topological polar surface area (TPSA) is 84.6 Å². The van der Waals surface area contributed by atoms with Gasteiger partial charge in [0.25, 0.3) is 5.91 Å². The largest absolute Gasteiger partial charge is 0.344 e. The minimum atomic E-state index is -0.623. The van der Waals surface area contributed by atoms with Crippen molar-refractivity contribution in [3.63, 3.8) is 0 Å². The first-order valence-electron chi connectivity index (χ1n) is 5.51. The van der Waals surface area contributed by atoms with E-state index in [0.717, 1.165) is 6.42 Å². The second-order valence-corrected chi connectivity index (χ2v) is 4.13. The fourth-order valence-corrected chi connectivity index (χ4v) is 1.22. The molecule has 1 atom stereocenters. The summed E-state index contributed by atoms with van der Waals surface area (Å²) in [7, 11) is 0. The van der Waals surface area contributed by atoms with Gasteiger partial charge in [-0.15, -0.1) is 0 Å². The predicted octanol–water partition coefficient (Wildman–Crippen LogP) is 0.483. The smallest absolute Gasteiger partial charge is 0.267 e. The number of aliphatic imine (C=N–C) groups is 1. The highest BCUT2D eigenvalue weighted by Crippen LogP contribution is 2.04. The van der Waals surface area contributed by atoms with E-state index in [1.807, 2.05) is 13.8 Å². The van der Waals surface area contributed by atoms with E-state index in [4.69, 9.17) is 5.73 Å². The van der Waals surface area contributed by atoms with E-state index in [9.17, 15) is 9.59 Å². The standard InChI is InChI=1S/C11H21N3O2/c1-8(2)4-5-10(15)14-9(6-7-12)11(16)13-3/h8-9H,3-7,12H2,1-2H3,(H,14,15)/t9-/m0/s1. The third-order valence-electron chi connectivity index (χ3n) is 2.19. The van der Waals surface area contributed by atoms with Gasteiger partial charge < -0.3 is 11.1 Å². The molecule has 0 aliphatic heterocycles. The second kappa shape index (κ2) is 7.98. The van der Waals surface area contributed by atoms with E-state index in [1.54, 1.807) is 0 Å². The summed E-state index contributed by atoms with van der Waals surface area (Å²) in [6.45, 7) is 7.57. The van der Waals surface area contributed by atoms with E-state index < -0.39 is 11.9 Å². The molecule has 0 spiro atoms. The molecule has 0 radical (unpaired) electrons. The molecule has 2 amide bonds. The van der Waals surface area contributed by atoms with Gasteiger partial charge in [0.05, 0.1) is 0 Å². The molecule has 0 aromatic carbocycles. The lowest BCUT2D eigenvalue weighted by Crippen LogP contribution is -2.41. The molecule has 0 aromatic rings. The van der Waals surface area contributed by atoms with E-state index in [1.165, 1.54) is 0 Å². The summed E-state index contributed by atoms with van der Waals surface area (Å²) in [6.07, 6.45) is 1.62. The van der Waals surface area contributed by atoms with Crippen LogP contribution in [-0.2, 0) is 9.59 Å². The molecule has 16 heavy (non-hydrogen) atoms. The minimum Gasteiger partial charge on any atom is -0.344 e. The van der Waals surface area contributed by atoms with Crippen molar-refractivity contribution in [1.82, 2.24) is 5.32 Å². The molecule has 0 unspecified atom stereocenters. The fourth-order valence-electron chi connectivity index (χ4n) is 1.22. The van der Waals surface area contributed by atoms with E-state index in [2.05, 4.69) is 17.0 Å². The van der Waals surface area contributed by atoms with Crippen LogP contribution in [0.25, 0.3) is 0 Å².